The van der Waals surface area contributed by atoms with Crippen molar-refractivity contribution in [3.8, 4) is 11.1 Å². The zero-order valence-electron chi connectivity index (χ0n) is 3.81. The maximum atomic E-state index is 5.46. The fourth-order valence-electron chi connectivity index (χ4n) is 0.777. The Balaban J connectivity index is 2.77. The first-order chi connectivity index (χ1) is 3.38. The molecule has 2 rings (SSSR count). The minimum absolute atomic E-state index is 0.926. The lowest BCUT2D eigenvalue weighted by Gasteiger charge is -1.74. The summed E-state index contributed by atoms with van der Waals surface area (Å²) in [6.45, 7) is 0. The molecule has 1 nitrogen and oxygen atoms in total. The summed E-state index contributed by atoms with van der Waals surface area (Å²) in [5.74, 6) is 0. The summed E-state index contributed by atoms with van der Waals surface area (Å²) < 4.78 is 0. The third kappa shape index (κ3) is 0.233. The Morgan fingerprint density at radius 1 is 1.29 bits per heavy atom. The number of benzene rings is 1. The van der Waals surface area contributed by atoms with Crippen LogP contribution in [0, 0.1) is 0 Å². The van der Waals surface area contributed by atoms with E-state index in [1.54, 1.807) is 0 Å². The maximum absolute atomic E-state index is 5.46. The van der Waals surface area contributed by atoms with E-state index >= 15 is 0 Å². The third-order valence-corrected chi connectivity index (χ3v) is 1.28. The molecular weight excluding hydrogens is 86.1 g/mol. The average molecular weight is 91.1 g/mol. The highest BCUT2D eigenvalue weighted by Gasteiger charge is 2.13. The molecule has 34 valence electrons. The highest BCUT2D eigenvalue weighted by molar-refractivity contribution is 5.91. The summed E-state index contributed by atoms with van der Waals surface area (Å²) in [6.07, 6.45) is 0. The van der Waals surface area contributed by atoms with Gasteiger partial charge in [-0.15, -0.1) is 0 Å². The van der Waals surface area contributed by atoms with Crippen LogP contribution in [-0.4, -0.2) is 0 Å². The minimum Gasteiger partial charge on any atom is -0.398 e. The van der Waals surface area contributed by atoms with Gasteiger partial charge >= 0.3 is 0 Å². The molecule has 0 aliphatic heterocycles. The Morgan fingerprint density at radius 3 is 2.29 bits per heavy atom. The van der Waals surface area contributed by atoms with Crippen LogP contribution < -0.4 is 5.73 Å². The van der Waals surface area contributed by atoms with Crippen LogP contribution in [0.2, 0.25) is 0 Å². The number of hydrogen-bond donors (Lipinski definition) is 1. The Hall–Kier alpha value is -0.980. The smallest absolute Gasteiger partial charge is 0.0394 e. The monoisotopic (exact) mass is 91.0 g/mol. The molecule has 1 heteroatoms. The molecule has 0 heterocycles. The lowest BCUT2D eigenvalue weighted by Crippen LogP contribution is -1.75. The molecule has 0 aromatic carbocycles. The van der Waals surface area contributed by atoms with Crippen molar-refractivity contribution in [3.63, 3.8) is 0 Å². The molecule has 0 radical (unpaired) electrons. The minimum atomic E-state index is 0.926. The van der Waals surface area contributed by atoms with Crippen molar-refractivity contribution in [1.29, 1.82) is 0 Å². The van der Waals surface area contributed by atoms with Crippen molar-refractivity contribution in [2.45, 2.75) is 0 Å². The van der Waals surface area contributed by atoms with Gasteiger partial charge in [0.2, 0.25) is 0 Å². The van der Waals surface area contributed by atoms with Crippen molar-refractivity contribution in [3.05, 3.63) is 18.2 Å². The fraction of sp³-hybridized carbons (Fsp3) is 0. The highest BCUT2D eigenvalue weighted by Crippen LogP contribution is 2.39. The third-order valence-electron chi connectivity index (χ3n) is 1.28. The first-order valence-electron chi connectivity index (χ1n) is 2.28. The summed E-state index contributed by atoms with van der Waals surface area (Å²) in [4.78, 5) is 0. The van der Waals surface area contributed by atoms with Crippen LogP contribution in [0.5, 0.6) is 0 Å². The van der Waals surface area contributed by atoms with Crippen LogP contribution in [0.15, 0.2) is 18.2 Å². The molecular formula is C6H5N. The summed E-state index contributed by atoms with van der Waals surface area (Å²) in [6, 6.07) is 6.05. The van der Waals surface area contributed by atoms with Gasteiger partial charge < -0.3 is 5.73 Å². The molecule has 2 aliphatic carbocycles. The van der Waals surface area contributed by atoms with E-state index in [2.05, 4.69) is 6.07 Å². The Morgan fingerprint density at radius 2 is 2.14 bits per heavy atom. The summed E-state index contributed by atoms with van der Waals surface area (Å²) >= 11 is 0. The average Bonchev–Trinajstić information content (AvgIpc) is 2.33. The molecule has 0 unspecified atom stereocenters. The molecule has 0 atom stereocenters. The first kappa shape index (κ1) is 3.08. The number of nitrogens with two attached hydrogens (primary N) is 1. The Bertz CT molecular complexity index is 215. The van der Waals surface area contributed by atoms with Gasteiger partial charge in [-0.3, -0.25) is 0 Å². The van der Waals surface area contributed by atoms with Crippen molar-refractivity contribution in [1.82, 2.24) is 0 Å². The van der Waals surface area contributed by atoms with Gasteiger partial charge in [0, 0.05) is 11.3 Å². The van der Waals surface area contributed by atoms with Crippen LogP contribution in [0.3, 0.4) is 0 Å². The largest absolute Gasteiger partial charge is 0.398 e. The molecule has 2 N–H and O–H groups in total. The number of nitrogen functional groups attached to an aromatic ring is 1. The highest BCUT2D eigenvalue weighted by atomic mass is 14.6. The SMILES string of the molecule is Nc1ccc2cc1-2. The summed E-state index contributed by atoms with van der Waals surface area (Å²) in [5, 5.41) is 0. The van der Waals surface area contributed by atoms with Gasteiger partial charge in [-0.1, -0.05) is 6.07 Å². The second kappa shape index (κ2) is 0.668. The van der Waals surface area contributed by atoms with Crippen LogP contribution in [0.1, 0.15) is 0 Å². The Kier molecular flexibility index (Phi) is 0.294. The number of rotatable bonds is 0. The second-order valence-corrected chi connectivity index (χ2v) is 1.80. The molecule has 0 bridgehead atoms. The maximum Gasteiger partial charge on any atom is 0.0394 e. The van der Waals surface area contributed by atoms with Gasteiger partial charge in [-0.2, -0.15) is 0 Å². The fourth-order valence-corrected chi connectivity index (χ4v) is 0.777. The number of hydrogen-bond acceptors (Lipinski definition) is 1. The molecule has 0 aromatic rings. The number of fused-ring (bicyclic) bond motifs is 1. The van der Waals surface area contributed by atoms with Gasteiger partial charge in [0.15, 0.2) is 0 Å². The van der Waals surface area contributed by atoms with Crippen LogP contribution >= 0.6 is 0 Å². The Labute approximate surface area is 41.8 Å². The van der Waals surface area contributed by atoms with E-state index in [1.165, 1.54) is 11.1 Å². The predicted molar refractivity (Wildman–Crippen MR) is 29.8 cm³/mol. The van der Waals surface area contributed by atoms with Gasteiger partial charge in [-0.25, -0.2) is 0 Å². The van der Waals surface area contributed by atoms with Crippen molar-refractivity contribution in [2.24, 2.45) is 0 Å². The van der Waals surface area contributed by atoms with E-state index in [-0.39, 0.29) is 0 Å². The summed E-state index contributed by atoms with van der Waals surface area (Å²) in [7, 11) is 0. The summed E-state index contributed by atoms with van der Waals surface area (Å²) in [5.41, 5.74) is 8.95. The molecule has 0 fully saturated rings. The van der Waals surface area contributed by atoms with Crippen LogP contribution in [0.4, 0.5) is 5.69 Å². The quantitative estimate of drug-likeness (QED) is 0.485. The van der Waals surface area contributed by atoms with Gasteiger partial charge in [0.25, 0.3) is 0 Å². The van der Waals surface area contributed by atoms with Gasteiger partial charge in [0.1, 0.15) is 0 Å². The topological polar surface area (TPSA) is 26.0 Å². The molecule has 7 heavy (non-hydrogen) atoms. The van der Waals surface area contributed by atoms with Crippen LogP contribution in [-0.2, 0) is 0 Å². The van der Waals surface area contributed by atoms with Gasteiger partial charge in [-0.05, 0) is 17.7 Å². The molecule has 0 saturated heterocycles. The van der Waals surface area contributed by atoms with Crippen molar-refractivity contribution in [2.75, 3.05) is 5.73 Å². The lowest BCUT2D eigenvalue weighted by atomic mass is 10.5. The predicted octanol–water partition coefficient (Wildman–Crippen LogP) is 1.25. The molecule has 0 amide bonds. The zero-order valence-corrected chi connectivity index (χ0v) is 3.81. The molecule has 0 aromatic heterocycles. The second-order valence-electron chi connectivity index (χ2n) is 1.80. The normalized spacial score (nSPS) is 11.4. The van der Waals surface area contributed by atoms with Crippen molar-refractivity contribution < 1.29 is 0 Å². The van der Waals surface area contributed by atoms with E-state index in [1.807, 2.05) is 12.1 Å². The van der Waals surface area contributed by atoms with E-state index in [0.717, 1.165) is 5.69 Å². The number of anilines is 1. The van der Waals surface area contributed by atoms with Gasteiger partial charge in [0.05, 0.1) is 0 Å². The zero-order chi connectivity index (χ0) is 4.85. The van der Waals surface area contributed by atoms with E-state index in [0.29, 0.717) is 0 Å². The van der Waals surface area contributed by atoms with E-state index < -0.39 is 0 Å². The lowest BCUT2D eigenvalue weighted by molar-refractivity contribution is 1.89. The van der Waals surface area contributed by atoms with Crippen molar-refractivity contribution >= 4 is 5.69 Å². The van der Waals surface area contributed by atoms with Crippen LogP contribution in [0.25, 0.3) is 11.1 Å². The molecule has 2 aliphatic rings. The molecule has 0 saturated carbocycles. The van der Waals surface area contributed by atoms with E-state index in [4.69, 9.17) is 5.73 Å². The first-order valence-corrected chi connectivity index (χ1v) is 2.28. The van der Waals surface area contributed by atoms with E-state index in [9.17, 15) is 0 Å². The standard InChI is InChI=1S/C6H5N/c7-6-2-1-4-3-5(4)6/h1-3H,7H2. The molecule has 0 spiro atoms.